The average molecular weight is 612 g/mol. The first kappa shape index (κ1) is 31.4. The summed E-state index contributed by atoms with van der Waals surface area (Å²) in [6, 6.07) is 15.3. The summed E-state index contributed by atoms with van der Waals surface area (Å²) in [7, 11) is -2.26. The molecule has 224 valence electrons. The number of urea groups is 1. The third-order valence-electron chi connectivity index (χ3n) is 7.16. The van der Waals surface area contributed by atoms with E-state index >= 15 is 0 Å². The molecule has 0 spiro atoms. The molecule has 0 saturated heterocycles. The summed E-state index contributed by atoms with van der Waals surface area (Å²) < 4.78 is 27.6. The lowest BCUT2D eigenvalue weighted by atomic mass is 10.0. The third-order valence-corrected chi connectivity index (χ3v) is 10.3. The molecular weight excluding hydrogens is 574 g/mol. The highest BCUT2D eigenvalue weighted by molar-refractivity contribution is 7.89. The molecule has 4 amide bonds. The van der Waals surface area contributed by atoms with Gasteiger partial charge in [0.05, 0.1) is 10.5 Å². The van der Waals surface area contributed by atoms with Crippen LogP contribution in [0.15, 0.2) is 59.5 Å². The van der Waals surface area contributed by atoms with Crippen LogP contribution in [-0.2, 0) is 29.5 Å². The minimum atomic E-state index is -3.68. The second-order valence-electron chi connectivity index (χ2n) is 10.0. The van der Waals surface area contributed by atoms with Gasteiger partial charge in [-0.3, -0.25) is 19.8 Å². The number of thiophene rings is 1. The minimum absolute atomic E-state index is 0.118. The summed E-state index contributed by atoms with van der Waals surface area (Å²) in [6.07, 6.45) is 2.23. The van der Waals surface area contributed by atoms with Crippen molar-refractivity contribution in [2.75, 3.05) is 32.0 Å². The van der Waals surface area contributed by atoms with Gasteiger partial charge in [0.2, 0.25) is 10.0 Å². The van der Waals surface area contributed by atoms with E-state index in [1.165, 1.54) is 52.5 Å². The highest BCUT2D eigenvalue weighted by Gasteiger charge is 2.30. The number of fused-ring (bicyclic) bond motifs is 1. The lowest BCUT2D eigenvalue weighted by Gasteiger charge is -2.27. The summed E-state index contributed by atoms with van der Waals surface area (Å²) in [5.74, 6) is -1.07. The second kappa shape index (κ2) is 14.1. The molecule has 1 aliphatic heterocycles. The lowest BCUT2D eigenvalue weighted by Crippen LogP contribution is -2.38. The number of amides is 4. The van der Waals surface area contributed by atoms with Crippen LogP contribution in [0, 0.1) is 0 Å². The molecule has 0 bridgehead atoms. The van der Waals surface area contributed by atoms with E-state index in [9.17, 15) is 22.8 Å². The Kier molecular flexibility index (Phi) is 10.5. The van der Waals surface area contributed by atoms with Crippen LogP contribution in [0.3, 0.4) is 0 Å². The van der Waals surface area contributed by atoms with Crippen molar-refractivity contribution in [2.45, 2.75) is 51.1 Å². The Morgan fingerprint density at radius 3 is 2.36 bits per heavy atom. The fourth-order valence-corrected chi connectivity index (χ4v) is 7.64. The first-order valence-corrected chi connectivity index (χ1v) is 16.3. The molecule has 0 unspecified atom stereocenters. The number of benzene rings is 2. The van der Waals surface area contributed by atoms with Crippen molar-refractivity contribution in [2.24, 2.45) is 0 Å². The normalized spacial score (nSPS) is 13.4. The molecule has 1 aliphatic rings. The van der Waals surface area contributed by atoms with E-state index in [0.717, 1.165) is 36.4 Å². The predicted molar refractivity (Wildman–Crippen MR) is 164 cm³/mol. The van der Waals surface area contributed by atoms with Crippen molar-refractivity contribution >= 4 is 44.2 Å². The number of sulfonamides is 1. The van der Waals surface area contributed by atoms with Crippen molar-refractivity contribution in [3.05, 3.63) is 81.7 Å². The Hall–Kier alpha value is -3.58. The van der Waals surface area contributed by atoms with Gasteiger partial charge in [-0.15, -0.1) is 11.3 Å². The molecule has 3 aromatic rings. The smallest absolute Gasteiger partial charge is 0.321 e. The van der Waals surface area contributed by atoms with Gasteiger partial charge in [-0.25, -0.2) is 13.2 Å². The molecule has 0 radical (unpaired) electrons. The van der Waals surface area contributed by atoms with Crippen molar-refractivity contribution in [3.8, 4) is 0 Å². The number of nitrogens with one attached hydrogen (secondary N) is 3. The van der Waals surface area contributed by atoms with Crippen LogP contribution >= 0.6 is 11.3 Å². The highest BCUT2D eigenvalue weighted by atomic mass is 32.2. The van der Waals surface area contributed by atoms with Crippen molar-refractivity contribution in [1.29, 1.82) is 0 Å². The standard InChI is InChI=1S/C30H37N5O5S2/c1-4-6-17-35(5-2)42(39,40)23-14-12-22(13-15-23)27(36)32-29-26(28(37)33-30(38)31-3)24-16-18-34(20-25(24)41-29)19-21-10-8-7-9-11-21/h7-15H,4-6,16-20H2,1-3H3,(H,32,36)(H2,31,33,37,38). The van der Waals surface area contributed by atoms with Gasteiger partial charge in [0.15, 0.2) is 0 Å². The number of anilines is 1. The van der Waals surface area contributed by atoms with Crippen molar-refractivity contribution in [3.63, 3.8) is 0 Å². The Balaban J connectivity index is 1.57. The van der Waals surface area contributed by atoms with Gasteiger partial charge in [0.25, 0.3) is 11.8 Å². The van der Waals surface area contributed by atoms with Gasteiger partial charge in [-0.1, -0.05) is 50.6 Å². The van der Waals surface area contributed by atoms with Gasteiger partial charge >= 0.3 is 6.03 Å². The van der Waals surface area contributed by atoms with Crippen LogP contribution in [0.5, 0.6) is 0 Å². The number of unbranched alkanes of at least 4 members (excludes halogenated alkanes) is 1. The molecule has 3 N–H and O–H groups in total. The number of hydrogen-bond acceptors (Lipinski definition) is 7. The number of imide groups is 1. The summed E-state index contributed by atoms with van der Waals surface area (Å²) in [4.78, 5) is 41.8. The molecule has 42 heavy (non-hydrogen) atoms. The van der Waals surface area contributed by atoms with Gasteiger partial charge in [0.1, 0.15) is 5.00 Å². The van der Waals surface area contributed by atoms with E-state index in [-0.39, 0.29) is 16.0 Å². The highest BCUT2D eigenvalue weighted by Crippen LogP contribution is 2.38. The van der Waals surface area contributed by atoms with E-state index in [4.69, 9.17) is 0 Å². The zero-order chi connectivity index (χ0) is 30.3. The third kappa shape index (κ3) is 7.24. The predicted octanol–water partition coefficient (Wildman–Crippen LogP) is 4.44. The quantitative estimate of drug-likeness (QED) is 0.294. The van der Waals surface area contributed by atoms with Gasteiger partial charge in [-0.05, 0) is 48.2 Å². The summed E-state index contributed by atoms with van der Waals surface area (Å²) in [6.45, 7) is 6.67. The zero-order valence-electron chi connectivity index (χ0n) is 24.1. The summed E-state index contributed by atoms with van der Waals surface area (Å²) in [5.41, 5.74) is 2.52. The van der Waals surface area contributed by atoms with Crippen LogP contribution in [0.25, 0.3) is 0 Å². The lowest BCUT2D eigenvalue weighted by molar-refractivity contribution is 0.0964. The number of carbonyl (C=O) groups is 3. The maximum Gasteiger partial charge on any atom is 0.321 e. The van der Waals surface area contributed by atoms with E-state index in [1.807, 2.05) is 25.1 Å². The molecule has 0 atom stereocenters. The summed E-state index contributed by atoms with van der Waals surface area (Å²) >= 11 is 1.32. The molecule has 4 rings (SSSR count). The fraction of sp³-hybridized carbons (Fsp3) is 0.367. The van der Waals surface area contributed by atoms with Crippen LogP contribution in [0.2, 0.25) is 0 Å². The zero-order valence-corrected chi connectivity index (χ0v) is 25.7. The van der Waals surface area contributed by atoms with E-state index < -0.39 is 27.9 Å². The fourth-order valence-electron chi connectivity index (χ4n) is 4.87. The Labute approximate surface area is 251 Å². The number of nitrogens with zero attached hydrogens (tertiary/aromatic N) is 2. The molecule has 0 fully saturated rings. The number of hydrogen-bond donors (Lipinski definition) is 3. The SMILES string of the molecule is CCCCN(CC)S(=O)(=O)c1ccc(C(=O)Nc2sc3c(c2C(=O)NC(=O)NC)CCN(Cc2ccccc2)C3)cc1. The Bertz CT molecular complexity index is 1520. The molecular formula is C30H37N5O5S2. The molecule has 0 saturated carbocycles. The molecule has 2 aromatic carbocycles. The van der Waals surface area contributed by atoms with Crippen molar-refractivity contribution < 1.29 is 22.8 Å². The molecule has 10 nitrogen and oxygen atoms in total. The van der Waals surface area contributed by atoms with E-state index in [2.05, 4.69) is 33.0 Å². The van der Waals surface area contributed by atoms with Crippen LogP contribution < -0.4 is 16.0 Å². The largest absolute Gasteiger partial charge is 0.341 e. The van der Waals surface area contributed by atoms with Gasteiger partial charge < -0.3 is 10.6 Å². The second-order valence-corrected chi connectivity index (χ2v) is 13.1. The van der Waals surface area contributed by atoms with Crippen LogP contribution in [-0.4, -0.2) is 62.2 Å². The first-order valence-electron chi connectivity index (χ1n) is 14.0. The van der Waals surface area contributed by atoms with E-state index in [0.29, 0.717) is 31.1 Å². The Morgan fingerprint density at radius 2 is 1.71 bits per heavy atom. The maximum absolute atomic E-state index is 13.3. The first-order chi connectivity index (χ1) is 20.2. The summed E-state index contributed by atoms with van der Waals surface area (Å²) in [5, 5.41) is 7.90. The number of rotatable bonds is 11. The van der Waals surface area contributed by atoms with Crippen LogP contribution in [0.4, 0.5) is 9.80 Å². The number of carbonyl (C=O) groups excluding carboxylic acids is 3. The minimum Gasteiger partial charge on any atom is -0.341 e. The molecule has 12 heteroatoms. The van der Waals surface area contributed by atoms with Gasteiger partial charge in [0, 0.05) is 50.2 Å². The maximum atomic E-state index is 13.3. The Morgan fingerprint density at radius 1 is 1.00 bits per heavy atom. The molecule has 2 heterocycles. The monoisotopic (exact) mass is 611 g/mol. The van der Waals surface area contributed by atoms with Crippen molar-refractivity contribution in [1.82, 2.24) is 19.8 Å². The van der Waals surface area contributed by atoms with Crippen LogP contribution in [0.1, 0.15) is 63.4 Å². The topological polar surface area (TPSA) is 128 Å². The van der Waals surface area contributed by atoms with Gasteiger partial charge in [-0.2, -0.15) is 4.31 Å². The average Bonchev–Trinajstić information content (AvgIpc) is 3.35. The molecule has 1 aromatic heterocycles. The molecule has 0 aliphatic carbocycles. The van der Waals surface area contributed by atoms with E-state index in [1.54, 1.807) is 6.92 Å².